The van der Waals surface area contributed by atoms with Gasteiger partial charge < -0.3 is 19.7 Å². The topological polar surface area (TPSA) is 102 Å². The van der Waals surface area contributed by atoms with E-state index in [4.69, 9.17) is 9.26 Å². The van der Waals surface area contributed by atoms with Crippen molar-refractivity contribution in [2.45, 2.75) is 18.4 Å². The van der Waals surface area contributed by atoms with Crippen LogP contribution in [-0.4, -0.2) is 35.0 Å². The van der Waals surface area contributed by atoms with Crippen LogP contribution in [0.5, 0.6) is 0 Å². The zero-order chi connectivity index (χ0) is 24.4. The van der Waals surface area contributed by atoms with E-state index in [2.05, 4.69) is 10.5 Å². The minimum atomic E-state index is -1.27. The van der Waals surface area contributed by atoms with E-state index in [-0.39, 0.29) is 24.8 Å². The van der Waals surface area contributed by atoms with Crippen LogP contribution in [0.4, 0.5) is 9.18 Å². The van der Waals surface area contributed by atoms with Crippen LogP contribution < -0.4 is 5.32 Å². The molecule has 1 aliphatic carbocycles. The third kappa shape index (κ3) is 4.63. The lowest BCUT2D eigenvalue weighted by molar-refractivity contribution is -0.139. The molecule has 0 saturated heterocycles. The highest BCUT2D eigenvalue weighted by molar-refractivity contribution is 5.81. The molecule has 0 spiro atoms. The number of hydrogen-bond donors (Lipinski definition) is 2. The van der Waals surface area contributed by atoms with Gasteiger partial charge in [-0.3, -0.25) is 0 Å². The number of fused-ring (bicyclic) bond motifs is 3. The number of alkyl carbamates (subject to hydrolysis) is 1. The zero-order valence-corrected chi connectivity index (χ0v) is 18.5. The molecule has 0 bridgehead atoms. The molecule has 1 atom stereocenters. The number of carbonyl (C=O) groups excluding carboxylic acids is 1. The van der Waals surface area contributed by atoms with Gasteiger partial charge in [0.15, 0.2) is 5.76 Å². The summed E-state index contributed by atoms with van der Waals surface area (Å²) in [6.07, 6.45) is -0.939. The number of carboxylic acid groups (broad SMARTS) is 1. The third-order valence-corrected chi connectivity index (χ3v) is 6.03. The van der Waals surface area contributed by atoms with Gasteiger partial charge in [-0.25, -0.2) is 14.0 Å². The van der Waals surface area contributed by atoms with Gasteiger partial charge in [-0.1, -0.05) is 53.7 Å². The van der Waals surface area contributed by atoms with E-state index in [0.717, 1.165) is 22.3 Å². The van der Waals surface area contributed by atoms with E-state index in [1.54, 1.807) is 6.07 Å². The van der Waals surface area contributed by atoms with Crippen LogP contribution in [0.2, 0.25) is 0 Å². The molecule has 3 aromatic carbocycles. The molecule has 1 heterocycles. The third-order valence-electron chi connectivity index (χ3n) is 6.03. The first-order valence-corrected chi connectivity index (χ1v) is 11.1. The highest BCUT2D eigenvalue weighted by Gasteiger charge is 2.30. The first-order valence-electron chi connectivity index (χ1n) is 11.1. The summed E-state index contributed by atoms with van der Waals surface area (Å²) in [5.41, 5.74) is 5.25. The summed E-state index contributed by atoms with van der Waals surface area (Å²) in [7, 11) is 0. The normalized spacial score (nSPS) is 13.1. The van der Waals surface area contributed by atoms with E-state index in [1.165, 1.54) is 24.3 Å². The number of aliphatic carboxylic acids is 1. The standard InChI is InChI=1S/C27H21FN2O5/c28-17-11-9-16(10-12-17)25-14-18(30-35-25)13-24(26(31)32)29-27(33)34-15-23-21-7-3-1-5-19(21)20-6-2-4-8-22(20)23/h1-12,14,23-24H,13,15H2,(H,29,33)(H,31,32). The maximum atomic E-state index is 13.1. The molecule has 0 saturated carbocycles. The SMILES string of the molecule is O=C(NC(Cc1cc(-c2ccc(F)cc2)on1)C(=O)O)OCC1c2ccccc2-c2ccccc21. The molecular weight excluding hydrogens is 451 g/mol. The Hall–Kier alpha value is -4.46. The molecule has 176 valence electrons. The number of halogens is 1. The van der Waals surface area contributed by atoms with Crippen molar-refractivity contribution in [2.75, 3.05) is 6.61 Å². The van der Waals surface area contributed by atoms with Crippen molar-refractivity contribution in [1.82, 2.24) is 10.5 Å². The maximum Gasteiger partial charge on any atom is 0.407 e. The number of carboxylic acids is 1. The monoisotopic (exact) mass is 472 g/mol. The molecule has 8 heteroatoms. The molecule has 1 amide bonds. The fraction of sp³-hybridized carbons (Fsp3) is 0.148. The van der Waals surface area contributed by atoms with E-state index >= 15 is 0 Å². The van der Waals surface area contributed by atoms with Crippen molar-refractivity contribution in [1.29, 1.82) is 0 Å². The lowest BCUT2D eigenvalue weighted by Gasteiger charge is -2.17. The smallest absolute Gasteiger partial charge is 0.407 e. The van der Waals surface area contributed by atoms with Gasteiger partial charge in [-0.2, -0.15) is 0 Å². The second-order valence-electron chi connectivity index (χ2n) is 8.25. The molecular formula is C27H21FN2O5. The summed E-state index contributed by atoms with van der Waals surface area (Å²) >= 11 is 0. The highest BCUT2D eigenvalue weighted by Crippen LogP contribution is 2.44. The summed E-state index contributed by atoms with van der Waals surface area (Å²) in [6, 6.07) is 21.8. The molecule has 4 aromatic rings. The number of carbonyl (C=O) groups is 2. The second-order valence-corrected chi connectivity index (χ2v) is 8.25. The van der Waals surface area contributed by atoms with Crippen LogP contribution in [0.15, 0.2) is 83.4 Å². The van der Waals surface area contributed by atoms with Gasteiger partial charge in [-0.15, -0.1) is 0 Å². The Labute approximate surface area is 200 Å². The van der Waals surface area contributed by atoms with Gasteiger partial charge in [0.1, 0.15) is 18.5 Å². The largest absolute Gasteiger partial charge is 0.480 e. The first-order chi connectivity index (χ1) is 17.0. The Morgan fingerprint density at radius 1 is 1.00 bits per heavy atom. The number of nitrogens with one attached hydrogen (secondary N) is 1. The Morgan fingerprint density at radius 3 is 2.26 bits per heavy atom. The molecule has 5 rings (SSSR count). The molecule has 1 aromatic heterocycles. The number of aromatic nitrogens is 1. The Kier molecular flexibility index (Phi) is 6.01. The number of rotatable bonds is 7. The maximum absolute atomic E-state index is 13.1. The van der Waals surface area contributed by atoms with Crippen molar-refractivity contribution in [2.24, 2.45) is 0 Å². The molecule has 1 aliphatic rings. The van der Waals surface area contributed by atoms with Crippen LogP contribution >= 0.6 is 0 Å². The number of amides is 1. The van der Waals surface area contributed by atoms with Gasteiger partial charge in [0, 0.05) is 24.0 Å². The van der Waals surface area contributed by atoms with E-state index in [1.807, 2.05) is 48.5 Å². The molecule has 2 N–H and O–H groups in total. The van der Waals surface area contributed by atoms with Crippen molar-refractivity contribution >= 4 is 12.1 Å². The average Bonchev–Trinajstić information content (AvgIpc) is 3.45. The number of hydrogen-bond acceptors (Lipinski definition) is 5. The summed E-state index contributed by atoms with van der Waals surface area (Å²) < 4.78 is 23.8. The molecule has 1 unspecified atom stereocenters. The summed E-state index contributed by atoms with van der Waals surface area (Å²) in [5.74, 6) is -1.38. The minimum absolute atomic E-state index is 0.0743. The molecule has 0 aliphatic heterocycles. The van der Waals surface area contributed by atoms with Gasteiger partial charge in [0.2, 0.25) is 0 Å². The number of benzene rings is 3. The van der Waals surface area contributed by atoms with Crippen molar-refractivity contribution in [3.63, 3.8) is 0 Å². The van der Waals surface area contributed by atoms with Gasteiger partial charge in [-0.05, 0) is 46.5 Å². The Morgan fingerprint density at radius 2 is 1.63 bits per heavy atom. The molecule has 0 radical (unpaired) electrons. The minimum Gasteiger partial charge on any atom is -0.480 e. The average molecular weight is 472 g/mol. The van der Waals surface area contributed by atoms with Crippen LogP contribution in [0.3, 0.4) is 0 Å². The lowest BCUT2D eigenvalue weighted by atomic mass is 9.98. The Balaban J connectivity index is 1.23. The Bertz CT molecular complexity index is 1340. The molecule has 7 nitrogen and oxygen atoms in total. The van der Waals surface area contributed by atoms with Crippen molar-refractivity contribution in [3.05, 3.63) is 102 Å². The summed E-state index contributed by atoms with van der Waals surface area (Å²) in [4.78, 5) is 24.3. The summed E-state index contributed by atoms with van der Waals surface area (Å²) in [5, 5.41) is 15.9. The van der Waals surface area contributed by atoms with Crippen molar-refractivity contribution in [3.8, 4) is 22.5 Å². The fourth-order valence-corrected chi connectivity index (χ4v) is 4.35. The van der Waals surface area contributed by atoms with E-state index < -0.39 is 18.1 Å². The summed E-state index contributed by atoms with van der Waals surface area (Å²) in [6.45, 7) is 0.0743. The molecule has 0 fully saturated rings. The first kappa shape index (κ1) is 22.3. The zero-order valence-electron chi connectivity index (χ0n) is 18.5. The second kappa shape index (κ2) is 9.42. The predicted molar refractivity (Wildman–Crippen MR) is 125 cm³/mol. The van der Waals surface area contributed by atoms with Crippen LogP contribution in [0.25, 0.3) is 22.5 Å². The molecule has 35 heavy (non-hydrogen) atoms. The van der Waals surface area contributed by atoms with E-state index in [0.29, 0.717) is 17.0 Å². The van der Waals surface area contributed by atoms with Crippen molar-refractivity contribution < 1.29 is 28.3 Å². The fourth-order valence-electron chi connectivity index (χ4n) is 4.35. The van der Waals surface area contributed by atoms with Crippen LogP contribution in [-0.2, 0) is 16.0 Å². The lowest BCUT2D eigenvalue weighted by Crippen LogP contribution is -2.43. The predicted octanol–water partition coefficient (Wildman–Crippen LogP) is 5.02. The van der Waals surface area contributed by atoms with Gasteiger partial charge in [0.05, 0.1) is 5.69 Å². The number of ether oxygens (including phenoxy) is 1. The van der Waals surface area contributed by atoms with Gasteiger partial charge in [0.25, 0.3) is 0 Å². The number of nitrogens with zero attached hydrogens (tertiary/aromatic N) is 1. The van der Waals surface area contributed by atoms with E-state index in [9.17, 15) is 19.1 Å². The highest BCUT2D eigenvalue weighted by atomic mass is 19.1. The van der Waals surface area contributed by atoms with Crippen LogP contribution in [0.1, 0.15) is 22.7 Å². The van der Waals surface area contributed by atoms with Crippen LogP contribution in [0, 0.1) is 5.82 Å². The van der Waals surface area contributed by atoms with Gasteiger partial charge >= 0.3 is 12.1 Å². The quantitative estimate of drug-likeness (QED) is 0.392.